The Labute approximate surface area is 118 Å². The monoisotopic (exact) mass is 264 g/mol. The largest absolute Gasteiger partial charge is 0.488 e. The van der Waals surface area contributed by atoms with E-state index in [2.05, 4.69) is 31.0 Å². The molecule has 2 heterocycles. The van der Waals surface area contributed by atoms with E-state index < -0.39 is 0 Å². The van der Waals surface area contributed by atoms with Gasteiger partial charge in [-0.25, -0.2) is 0 Å². The minimum absolute atomic E-state index is 0.218. The van der Waals surface area contributed by atoms with Gasteiger partial charge in [0.2, 0.25) is 0 Å². The van der Waals surface area contributed by atoms with Crippen LogP contribution in [0.15, 0.2) is 42.7 Å². The fourth-order valence-electron chi connectivity index (χ4n) is 2.80. The lowest BCUT2D eigenvalue weighted by atomic mass is 9.80. The number of benzene rings is 1. The van der Waals surface area contributed by atoms with Crippen molar-refractivity contribution in [2.75, 3.05) is 0 Å². The molecular weight excluding hydrogens is 248 g/mol. The fourth-order valence-corrected chi connectivity index (χ4v) is 2.80. The Morgan fingerprint density at radius 2 is 2.20 bits per heavy atom. The molecular formula is C17H16N2O. The molecule has 1 aromatic heterocycles. The Balaban J connectivity index is 2.14. The lowest BCUT2D eigenvalue weighted by Crippen LogP contribution is -2.35. The van der Waals surface area contributed by atoms with Crippen molar-refractivity contribution in [1.82, 2.24) is 4.98 Å². The predicted molar refractivity (Wildman–Crippen MR) is 76.6 cm³/mol. The van der Waals surface area contributed by atoms with Crippen molar-refractivity contribution in [3.8, 4) is 11.8 Å². The van der Waals surface area contributed by atoms with E-state index in [1.807, 2.05) is 24.4 Å². The van der Waals surface area contributed by atoms with E-state index in [-0.39, 0.29) is 11.5 Å². The van der Waals surface area contributed by atoms with Crippen molar-refractivity contribution < 1.29 is 4.74 Å². The lowest BCUT2D eigenvalue weighted by Gasteiger charge is -2.37. The summed E-state index contributed by atoms with van der Waals surface area (Å²) in [5.74, 6) is 1.09. The molecule has 0 spiro atoms. The highest BCUT2D eigenvalue weighted by molar-refractivity contribution is 5.48. The van der Waals surface area contributed by atoms with Crippen molar-refractivity contribution in [2.24, 2.45) is 0 Å². The third-order valence-corrected chi connectivity index (χ3v) is 3.68. The van der Waals surface area contributed by atoms with Crippen molar-refractivity contribution in [1.29, 1.82) is 5.26 Å². The molecule has 3 nitrogen and oxygen atoms in total. The summed E-state index contributed by atoms with van der Waals surface area (Å²) in [5.41, 5.74) is 2.69. The van der Waals surface area contributed by atoms with E-state index in [4.69, 9.17) is 10.00 Å². The second-order valence-corrected chi connectivity index (χ2v) is 5.77. The summed E-state index contributed by atoms with van der Waals surface area (Å²) in [6.07, 6.45) is 4.55. The highest BCUT2D eigenvalue weighted by Crippen LogP contribution is 2.44. The molecule has 2 aromatic rings. The van der Waals surface area contributed by atoms with Gasteiger partial charge in [-0.05, 0) is 50.1 Å². The van der Waals surface area contributed by atoms with Crippen LogP contribution in [0.2, 0.25) is 0 Å². The maximum Gasteiger partial charge on any atom is 0.124 e. The maximum absolute atomic E-state index is 9.10. The molecule has 100 valence electrons. The van der Waals surface area contributed by atoms with E-state index in [0.717, 1.165) is 17.7 Å². The first-order chi connectivity index (χ1) is 9.59. The van der Waals surface area contributed by atoms with Gasteiger partial charge in [0.1, 0.15) is 11.4 Å². The Kier molecular flexibility index (Phi) is 2.94. The van der Waals surface area contributed by atoms with E-state index >= 15 is 0 Å². The van der Waals surface area contributed by atoms with Crippen LogP contribution in [-0.4, -0.2) is 10.6 Å². The predicted octanol–water partition coefficient (Wildman–Crippen LogP) is 3.65. The number of nitriles is 1. The molecule has 0 radical (unpaired) electrons. The van der Waals surface area contributed by atoms with Crippen LogP contribution in [0.25, 0.3) is 0 Å². The zero-order valence-corrected chi connectivity index (χ0v) is 11.6. The molecule has 0 amide bonds. The van der Waals surface area contributed by atoms with Crippen LogP contribution in [0.3, 0.4) is 0 Å². The highest BCUT2D eigenvalue weighted by Gasteiger charge is 2.34. The van der Waals surface area contributed by atoms with Crippen molar-refractivity contribution >= 4 is 0 Å². The molecule has 0 bridgehead atoms. The van der Waals surface area contributed by atoms with Crippen molar-refractivity contribution in [3.05, 3.63) is 59.4 Å². The summed E-state index contributed by atoms with van der Waals surface area (Å²) in [4.78, 5) is 4.22. The van der Waals surface area contributed by atoms with Gasteiger partial charge in [-0.3, -0.25) is 4.98 Å². The molecule has 1 unspecified atom stereocenters. The van der Waals surface area contributed by atoms with Gasteiger partial charge in [0.15, 0.2) is 0 Å². The Hall–Kier alpha value is -2.34. The van der Waals surface area contributed by atoms with Crippen molar-refractivity contribution in [2.45, 2.75) is 31.8 Å². The number of hydrogen-bond acceptors (Lipinski definition) is 3. The number of nitrogens with zero attached hydrogens (tertiary/aromatic N) is 2. The fraction of sp³-hybridized carbons (Fsp3) is 0.294. The smallest absolute Gasteiger partial charge is 0.124 e. The minimum Gasteiger partial charge on any atom is -0.488 e. The Bertz CT molecular complexity index is 671. The topological polar surface area (TPSA) is 45.9 Å². The highest BCUT2D eigenvalue weighted by atomic mass is 16.5. The number of pyridine rings is 1. The molecule has 1 aliphatic heterocycles. The summed E-state index contributed by atoms with van der Waals surface area (Å²) >= 11 is 0. The van der Waals surface area contributed by atoms with Crippen LogP contribution < -0.4 is 4.74 Å². The second kappa shape index (κ2) is 4.64. The van der Waals surface area contributed by atoms with E-state index in [1.165, 1.54) is 5.56 Å². The first-order valence-corrected chi connectivity index (χ1v) is 6.72. The lowest BCUT2D eigenvalue weighted by molar-refractivity contribution is 0.0774. The molecule has 20 heavy (non-hydrogen) atoms. The van der Waals surface area contributed by atoms with Gasteiger partial charge < -0.3 is 4.74 Å². The molecule has 0 saturated heterocycles. The molecule has 3 rings (SSSR count). The average molecular weight is 264 g/mol. The zero-order valence-electron chi connectivity index (χ0n) is 11.6. The SMILES string of the molecule is CC1(C)CC(c2cccnc2)c2cc(C#N)ccc2O1. The zero-order chi connectivity index (χ0) is 14.2. The van der Waals surface area contributed by atoms with Gasteiger partial charge in [0.05, 0.1) is 11.6 Å². The van der Waals surface area contributed by atoms with Crippen LogP contribution in [0.4, 0.5) is 0 Å². The van der Waals surface area contributed by atoms with Gasteiger partial charge in [0.25, 0.3) is 0 Å². The third-order valence-electron chi connectivity index (χ3n) is 3.68. The standard InChI is InChI=1S/C17H16N2O/c1-17(2)9-15(13-4-3-7-19-11-13)14-8-12(10-18)5-6-16(14)20-17/h3-8,11,15H,9H2,1-2H3. The first-order valence-electron chi connectivity index (χ1n) is 6.72. The van der Waals surface area contributed by atoms with Gasteiger partial charge in [-0.15, -0.1) is 0 Å². The number of ether oxygens (including phenoxy) is 1. The normalized spacial score (nSPS) is 19.6. The van der Waals surface area contributed by atoms with Crippen LogP contribution in [-0.2, 0) is 0 Å². The molecule has 0 aliphatic carbocycles. The molecule has 0 fully saturated rings. The minimum atomic E-state index is -0.221. The summed E-state index contributed by atoms with van der Waals surface area (Å²) in [6.45, 7) is 4.19. The van der Waals surface area contributed by atoms with Gasteiger partial charge in [-0.2, -0.15) is 5.26 Å². The second-order valence-electron chi connectivity index (χ2n) is 5.77. The molecule has 1 aromatic carbocycles. The van der Waals surface area contributed by atoms with Gasteiger partial charge in [-0.1, -0.05) is 6.07 Å². The first kappa shape index (κ1) is 12.7. The molecule has 1 aliphatic rings. The summed E-state index contributed by atoms with van der Waals surface area (Å²) in [6, 6.07) is 11.9. The Morgan fingerprint density at radius 3 is 2.90 bits per heavy atom. The summed E-state index contributed by atoms with van der Waals surface area (Å²) in [5, 5.41) is 9.10. The number of fused-ring (bicyclic) bond motifs is 1. The van der Waals surface area contributed by atoms with Crippen LogP contribution in [0.5, 0.6) is 5.75 Å². The molecule has 0 saturated carbocycles. The summed E-state index contributed by atoms with van der Waals surface area (Å²) in [7, 11) is 0. The maximum atomic E-state index is 9.10. The molecule has 0 N–H and O–H groups in total. The van der Waals surface area contributed by atoms with Gasteiger partial charge >= 0.3 is 0 Å². The van der Waals surface area contributed by atoms with E-state index in [1.54, 1.807) is 12.3 Å². The van der Waals surface area contributed by atoms with E-state index in [9.17, 15) is 0 Å². The number of aromatic nitrogens is 1. The summed E-state index contributed by atoms with van der Waals surface area (Å²) < 4.78 is 6.04. The molecule has 1 atom stereocenters. The number of hydrogen-bond donors (Lipinski definition) is 0. The van der Waals surface area contributed by atoms with Crippen LogP contribution in [0.1, 0.15) is 42.9 Å². The van der Waals surface area contributed by atoms with Crippen LogP contribution in [0, 0.1) is 11.3 Å². The average Bonchev–Trinajstić information content (AvgIpc) is 2.46. The number of rotatable bonds is 1. The quantitative estimate of drug-likeness (QED) is 0.789. The van der Waals surface area contributed by atoms with Crippen molar-refractivity contribution in [3.63, 3.8) is 0 Å². The third kappa shape index (κ3) is 2.25. The molecule has 3 heteroatoms. The Morgan fingerprint density at radius 1 is 1.35 bits per heavy atom. The van der Waals surface area contributed by atoms with Crippen LogP contribution >= 0.6 is 0 Å². The van der Waals surface area contributed by atoms with E-state index in [0.29, 0.717) is 5.56 Å². The van der Waals surface area contributed by atoms with Gasteiger partial charge in [0, 0.05) is 23.9 Å².